The molecule has 0 unspecified atom stereocenters. The summed E-state index contributed by atoms with van der Waals surface area (Å²) < 4.78 is 13.9. The SMILES string of the molecule is CCCc1c(OCCCCOc2ccc(C(=O)O)cc2)ccc2nnn(CC(C)(C)C)c12. The van der Waals surface area contributed by atoms with Gasteiger partial charge < -0.3 is 14.6 Å². The van der Waals surface area contributed by atoms with Crippen molar-refractivity contribution in [3.8, 4) is 11.5 Å². The van der Waals surface area contributed by atoms with E-state index < -0.39 is 5.97 Å². The van der Waals surface area contributed by atoms with Gasteiger partial charge in [0.05, 0.1) is 24.3 Å². The van der Waals surface area contributed by atoms with Crippen LogP contribution in [0.2, 0.25) is 0 Å². The Hall–Kier alpha value is -3.09. The second-order valence-electron chi connectivity index (χ2n) is 9.20. The van der Waals surface area contributed by atoms with Crippen molar-refractivity contribution < 1.29 is 19.4 Å². The molecule has 172 valence electrons. The van der Waals surface area contributed by atoms with Crippen molar-refractivity contribution >= 4 is 17.0 Å². The van der Waals surface area contributed by atoms with E-state index in [1.807, 2.05) is 16.8 Å². The molecule has 7 nitrogen and oxygen atoms in total. The molecule has 0 aliphatic carbocycles. The van der Waals surface area contributed by atoms with Crippen molar-refractivity contribution in [3.05, 3.63) is 47.5 Å². The summed E-state index contributed by atoms with van der Waals surface area (Å²) in [5.74, 6) is 0.639. The maximum Gasteiger partial charge on any atom is 0.335 e. The van der Waals surface area contributed by atoms with E-state index >= 15 is 0 Å². The van der Waals surface area contributed by atoms with E-state index in [9.17, 15) is 4.79 Å². The van der Waals surface area contributed by atoms with Crippen LogP contribution in [0, 0.1) is 5.41 Å². The molecule has 3 aromatic rings. The van der Waals surface area contributed by atoms with Gasteiger partial charge in [0, 0.05) is 12.1 Å². The number of hydrogen-bond donors (Lipinski definition) is 1. The lowest BCUT2D eigenvalue weighted by Crippen LogP contribution is -2.17. The lowest BCUT2D eigenvalue weighted by atomic mass is 9.96. The summed E-state index contributed by atoms with van der Waals surface area (Å²) in [7, 11) is 0. The highest BCUT2D eigenvalue weighted by Gasteiger charge is 2.19. The van der Waals surface area contributed by atoms with E-state index in [1.54, 1.807) is 24.3 Å². The van der Waals surface area contributed by atoms with Gasteiger partial charge in [0.2, 0.25) is 0 Å². The fourth-order valence-corrected chi connectivity index (χ4v) is 3.58. The van der Waals surface area contributed by atoms with Crippen molar-refractivity contribution in [1.82, 2.24) is 15.0 Å². The van der Waals surface area contributed by atoms with Crippen molar-refractivity contribution in [2.24, 2.45) is 5.41 Å². The zero-order valence-electron chi connectivity index (χ0n) is 19.4. The molecule has 2 aromatic carbocycles. The molecular formula is C25H33N3O4. The number of carbonyl (C=O) groups is 1. The normalized spacial score (nSPS) is 11.6. The topological polar surface area (TPSA) is 86.5 Å². The molecule has 0 radical (unpaired) electrons. The molecule has 0 aliphatic rings. The van der Waals surface area contributed by atoms with E-state index in [2.05, 4.69) is 38.0 Å². The molecule has 1 heterocycles. The maximum atomic E-state index is 10.9. The summed E-state index contributed by atoms with van der Waals surface area (Å²) in [6.45, 7) is 10.7. The number of fused-ring (bicyclic) bond motifs is 1. The lowest BCUT2D eigenvalue weighted by molar-refractivity contribution is 0.0697. The van der Waals surface area contributed by atoms with E-state index in [-0.39, 0.29) is 11.0 Å². The van der Waals surface area contributed by atoms with E-state index in [4.69, 9.17) is 14.6 Å². The molecule has 0 saturated heterocycles. The number of unbranched alkanes of at least 4 members (excludes halogenated alkanes) is 1. The summed E-state index contributed by atoms with van der Waals surface area (Å²) in [5.41, 5.74) is 3.52. The van der Waals surface area contributed by atoms with Gasteiger partial charge in [-0.25, -0.2) is 9.48 Å². The van der Waals surface area contributed by atoms with E-state index in [1.165, 1.54) is 5.56 Å². The van der Waals surface area contributed by atoms with Crippen LogP contribution in [-0.4, -0.2) is 39.3 Å². The Morgan fingerprint density at radius 2 is 1.72 bits per heavy atom. The van der Waals surface area contributed by atoms with Gasteiger partial charge in [-0.15, -0.1) is 5.10 Å². The van der Waals surface area contributed by atoms with Gasteiger partial charge in [0.25, 0.3) is 0 Å². The van der Waals surface area contributed by atoms with Gasteiger partial charge in [0.1, 0.15) is 17.0 Å². The second-order valence-corrected chi connectivity index (χ2v) is 9.20. The molecule has 0 spiro atoms. The number of aromatic carboxylic acids is 1. The average Bonchev–Trinajstić information content (AvgIpc) is 3.13. The van der Waals surface area contributed by atoms with Crippen molar-refractivity contribution in [3.63, 3.8) is 0 Å². The Balaban J connectivity index is 1.56. The Kier molecular flexibility index (Phi) is 7.72. The van der Waals surface area contributed by atoms with Crippen LogP contribution in [0.1, 0.15) is 62.9 Å². The molecule has 7 heteroatoms. The maximum absolute atomic E-state index is 10.9. The van der Waals surface area contributed by atoms with Crippen LogP contribution in [0.5, 0.6) is 11.5 Å². The standard InChI is InChI=1S/C25H33N3O4/c1-5-8-20-22(14-13-21-23(20)28(27-26-21)17-25(2,3)4)32-16-7-6-15-31-19-11-9-18(10-12-19)24(29)30/h9-14H,5-8,15-17H2,1-4H3,(H,29,30). The number of aromatic nitrogens is 3. The van der Waals surface area contributed by atoms with Crippen LogP contribution < -0.4 is 9.47 Å². The summed E-state index contributed by atoms with van der Waals surface area (Å²) in [6.07, 6.45) is 3.64. The highest BCUT2D eigenvalue weighted by atomic mass is 16.5. The highest BCUT2D eigenvalue weighted by molar-refractivity contribution is 5.87. The predicted octanol–water partition coefficient (Wildman–Crippen LogP) is 5.37. The van der Waals surface area contributed by atoms with Gasteiger partial charge >= 0.3 is 5.97 Å². The van der Waals surface area contributed by atoms with Gasteiger partial charge in [0.15, 0.2) is 0 Å². The average molecular weight is 440 g/mol. The smallest absolute Gasteiger partial charge is 0.335 e. The van der Waals surface area contributed by atoms with Crippen molar-refractivity contribution in [2.45, 2.75) is 59.9 Å². The first-order chi connectivity index (χ1) is 15.3. The fourth-order valence-electron chi connectivity index (χ4n) is 3.58. The number of rotatable bonds is 11. The summed E-state index contributed by atoms with van der Waals surface area (Å²) in [4.78, 5) is 10.9. The molecule has 0 saturated carbocycles. The summed E-state index contributed by atoms with van der Waals surface area (Å²) >= 11 is 0. The first-order valence-electron chi connectivity index (χ1n) is 11.2. The zero-order valence-corrected chi connectivity index (χ0v) is 19.4. The number of hydrogen-bond acceptors (Lipinski definition) is 5. The minimum atomic E-state index is -0.938. The van der Waals surface area contributed by atoms with Gasteiger partial charge in [-0.05, 0) is 61.1 Å². The Bertz CT molecular complexity index is 1040. The zero-order chi connectivity index (χ0) is 23.1. The third-order valence-corrected chi connectivity index (χ3v) is 5.03. The van der Waals surface area contributed by atoms with Gasteiger partial charge in [-0.1, -0.05) is 39.3 Å². The largest absolute Gasteiger partial charge is 0.494 e. The molecule has 3 rings (SSSR count). The second kappa shape index (κ2) is 10.5. The molecule has 0 amide bonds. The molecule has 0 aliphatic heterocycles. The van der Waals surface area contributed by atoms with Crippen LogP contribution >= 0.6 is 0 Å². The Morgan fingerprint density at radius 3 is 2.34 bits per heavy atom. The molecule has 0 bridgehead atoms. The number of ether oxygens (including phenoxy) is 2. The molecule has 1 aromatic heterocycles. The number of nitrogens with zero attached hydrogens (tertiary/aromatic N) is 3. The Morgan fingerprint density at radius 1 is 1.03 bits per heavy atom. The first-order valence-corrected chi connectivity index (χ1v) is 11.2. The summed E-state index contributed by atoms with van der Waals surface area (Å²) in [6, 6.07) is 10.4. The quantitative estimate of drug-likeness (QED) is 0.404. The van der Waals surface area contributed by atoms with Gasteiger partial charge in [-0.3, -0.25) is 0 Å². The fraction of sp³-hybridized carbons (Fsp3) is 0.480. The number of benzene rings is 2. The third-order valence-electron chi connectivity index (χ3n) is 5.03. The first kappa shape index (κ1) is 23.6. The minimum absolute atomic E-state index is 0.106. The number of aryl methyl sites for hydroxylation is 1. The number of carboxylic acids is 1. The molecule has 1 N–H and O–H groups in total. The van der Waals surface area contributed by atoms with Crippen LogP contribution in [0.3, 0.4) is 0 Å². The predicted molar refractivity (Wildman–Crippen MR) is 125 cm³/mol. The van der Waals surface area contributed by atoms with Crippen molar-refractivity contribution in [2.75, 3.05) is 13.2 Å². The third kappa shape index (κ3) is 6.22. The molecular weight excluding hydrogens is 406 g/mol. The van der Waals surface area contributed by atoms with Crippen LogP contribution in [-0.2, 0) is 13.0 Å². The van der Waals surface area contributed by atoms with Crippen LogP contribution in [0.4, 0.5) is 0 Å². The lowest BCUT2D eigenvalue weighted by Gasteiger charge is -2.19. The van der Waals surface area contributed by atoms with Crippen LogP contribution in [0.15, 0.2) is 36.4 Å². The van der Waals surface area contributed by atoms with E-state index in [0.717, 1.165) is 49.0 Å². The summed E-state index contributed by atoms with van der Waals surface area (Å²) in [5, 5.41) is 17.7. The van der Waals surface area contributed by atoms with Crippen molar-refractivity contribution in [1.29, 1.82) is 0 Å². The van der Waals surface area contributed by atoms with Crippen LogP contribution in [0.25, 0.3) is 11.0 Å². The Labute approximate surface area is 189 Å². The number of carboxylic acid groups (broad SMARTS) is 1. The van der Waals surface area contributed by atoms with E-state index in [0.29, 0.717) is 19.0 Å². The highest BCUT2D eigenvalue weighted by Crippen LogP contribution is 2.30. The molecule has 0 atom stereocenters. The monoisotopic (exact) mass is 439 g/mol. The minimum Gasteiger partial charge on any atom is -0.494 e. The molecule has 32 heavy (non-hydrogen) atoms. The van der Waals surface area contributed by atoms with Gasteiger partial charge in [-0.2, -0.15) is 0 Å². The molecule has 0 fully saturated rings.